The number of fused-ring (bicyclic) bond motifs is 1. The molecule has 3 rings (SSSR count). The molecule has 0 aromatic heterocycles. The minimum Gasteiger partial charge on any atom is -0.487 e. The summed E-state index contributed by atoms with van der Waals surface area (Å²) >= 11 is 0. The van der Waals surface area contributed by atoms with Gasteiger partial charge in [-0.1, -0.05) is 13.8 Å². The lowest BCUT2D eigenvalue weighted by Gasteiger charge is -2.38. The number of Topliss-reactive ketones (excluding diaryl/α,β-unsaturated/α-hetero) is 1. The van der Waals surface area contributed by atoms with Crippen molar-refractivity contribution in [3.8, 4) is 0 Å². The molecule has 1 atom stereocenters. The van der Waals surface area contributed by atoms with Gasteiger partial charge in [-0.05, 0) is 23.5 Å². The molecule has 3 aliphatic rings. The molecule has 17 heavy (non-hydrogen) atoms. The Hall–Kier alpha value is -1.09. The summed E-state index contributed by atoms with van der Waals surface area (Å²) in [4.78, 5) is 12.1. The van der Waals surface area contributed by atoms with E-state index in [0.717, 1.165) is 30.8 Å². The van der Waals surface area contributed by atoms with Gasteiger partial charge in [0.15, 0.2) is 5.78 Å². The SMILES string of the molecule is CC1(C)CC(=O)C2=C(C1)OC1COCCC1=C2. The molecule has 0 spiro atoms. The second-order valence-corrected chi connectivity index (χ2v) is 5.93. The van der Waals surface area contributed by atoms with Crippen LogP contribution < -0.4 is 0 Å². The molecule has 0 aromatic carbocycles. The highest BCUT2D eigenvalue weighted by Crippen LogP contribution is 2.41. The molecule has 3 heteroatoms. The lowest BCUT2D eigenvalue weighted by atomic mass is 9.75. The summed E-state index contributed by atoms with van der Waals surface area (Å²) in [6, 6.07) is 0. The van der Waals surface area contributed by atoms with Crippen molar-refractivity contribution in [1.82, 2.24) is 0 Å². The zero-order valence-electron chi connectivity index (χ0n) is 10.4. The third-order valence-corrected chi connectivity index (χ3v) is 3.71. The molecule has 0 saturated carbocycles. The third kappa shape index (κ3) is 1.93. The van der Waals surface area contributed by atoms with E-state index in [0.29, 0.717) is 13.0 Å². The molecular formula is C14H18O3. The predicted molar refractivity (Wildman–Crippen MR) is 63.4 cm³/mol. The summed E-state index contributed by atoms with van der Waals surface area (Å²) in [5.41, 5.74) is 2.07. The van der Waals surface area contributed by atoms with Gasteiger partial charge in [0.05, 0.1) is 18.8 Å². The van der Waals surface area contributed by atoms with E-state index in [1.807, 2.05) is 0 Å². The van der Waals surface area contributed by atoms with Crippen molar-refractivity contribution in [1.29, 1.82) is 0 Å². The summed E-state index contributed by atoms with van der Waals surface area (Å²) in [7, 11) is 0. The minimum absolute atomic E-state index is 0.0246. The van der Waals surface area contributed by atoms with Crippen molar-refractivity contribution in [2.45, 2.75) is 39.2 Å². The maximum absolute atomic E-state index is 12.1. The van der Waals surface area contributed by atoms with Crippen LogP contribution in [0.4, 0.5) is 0 Å². The van der Waals surface area contributed by atoms with Crippen LogP contribution in [0.5, 0.6) is 0 Å². The summed E-state index contributed by atoms with van der Waals surface area (Å²) in [6.45, 7) is 5.61. The van der Waals surface area contributed by atoms with E-state index in [2.05, 4.69) is 19.9 Å². The highest BCUT2D eigenvalue weighted by Gasteiger charge is 2.37. The van der Waals surface area contributed by atoms with Gasteiger partial charge in [0.2, 0.25) is 0 Å². The van der Waals surface area contributed by atoms with Crippen LogP contribution in [-0.2, 0) is 14.3 Å². The zero-order valence-corrected chi connectivity index (χ0v) is 10.4. The van der Waals surface area contributed by atoms with Crippen LogP contribution in [0, 0.1) is 5.41 Å². The first-order chi connectivity index (χ1) is 8.05. The van der Waals surface area contributed by atoms with Crippen molar-refractivity contribution in [2.75, 3.05) is 13.2 Å². The van der Waals surface area contributed by atoms with Gasteiger partial charge in [-0.25, -0.2) is 0 Å². The van der Waals surface area contributed by atoms with Gasteiger partial charge in [0, 0.05) is 12.8 Å². The number of ketones is 1. The van der Waals surface area contributed by atoms with E-state index >= 15 is 0 Å². The largest absolute Gasteiger partial charge is 0.487 e. The van der Waals surface area contributed by atoms with Gasteiger partial charge in [0.1, 0.15) is 11.9 Å². The average Bonchev–Trinajstić information content (AvgIpc) is 2.25. The van der Waals surface area contributed by atoms with Crippen LogP contribution >= 0.6 is 0 Å². The van der Waals surface area contributed by atoms with E-state index in [4.69, 9.17) is 9.47 Å². The second kappa shape index (κ2) is 3.70. The maximum Gasteiger partial charge on any atom is 0.166 e. The fourth-order valence-electron chi connectivity index (χ4n) is 2.82. The van der Waals surface area contributed by atoms with E-state index in [1.165, 1.54) is 5.57 Å². The molecule has 2 heterocycles. The van der Waals surface area contributed by atoms with E-state index in [1.54, 1.807) is 0 Å². The topological polar surface area (TPSA) is 35.5 Å². The molecule has 0 radical (unpaired) electrons. The molecule has 0 bridgehead atoms. The molecule has 2 aliphatic heterocycles. The van der Waals surface area contributed by atoms with Gasteiger partial charge in [-0.2, -0.15) is 0 Å². The molecule has 0 N–H and O–H groups in total. The Balaban J connectivity index is 1.96. The Bertz CT molecular complexity index is 429. The lowest BCUT2D eigenvalue weighted by Crippen LogP contribution is -2.35. The summed E-state index contributed by atoms with van der Waals surface area (Å²) in [5.74, 6) is 1.11. The molecule has 0 amide bonds. The Kier molecular flexibility index (Phi) is 2.40. The van der Waals surface area contributed by atoms with E-state index in [9.17, 15) is 4.79 Å². The first kappa shape index (κ1) is 11.0. The standard InChI is InChI=1S/C14H18O3/c1-14(2)6-11(15)10-5-9-3-4-16-8-13(9)17-12(10)7-14/h5,13H,3-4,6-8H2,1-2H3. The number of carbonyl (C=O) groups is 1. The first-order valence-corrected chi connectivity index (χ1v) is 6.26. The first-order valence-electron chi connectivity index (χ1n) is 6.26. The predicted octanol–water partition coefficient (Wildman–Crippen LogP) is 2.38. The number of carbonyl (C=O) groups excluding carboxylic acids is 1. The Morgan fingerprint density at radius 1 is 1.35 bits per heavy atom. The van der Waals surface area contributed by atoms with E-state index in [-0.39, 0.29) is 17.3 Å². The van der Waals surface area contributed by atoms with Crippen LogP contribution in [-0.4, -0.2) is 25.1 Å². The van der Waals surface area contributed by atoms with Crippen molar-refractivity contribution in [3.05, 3.63) is 23.0 Å². The molecule has 1 fully saturated rings. The quantitative estimate of drug-likeness (QED) is 0.645. The summed E-state index contributed by atoms with van der Waals surface area (Å²) in [5, 5.41) is 0. The van der Waals surface area contributed by atoms with Gasteiger partial charge in [-0.15, -0.1) is 0 Å². The van der Waals surface area contributed by atoms with Crippen molar-refractivity contribution in [3.63, 3.8) is 0 Å². The lowest BCUT2D eigenvalue weighted by molar-refractivity contribution is -0.119. The smallest absolute Gasteiger partial charge is 0.166 e. The highest BCUT2D eigenvalue weighted by atomic mass is 16.5. The number of ether oxygens (including phenoxy) is 2. The number of hydrogen-bond acceptors (Lipinski definition) is 3. The number of rotatable bonds is 0. The Morgan fingerprint density at radius 3 is 3.00 bits per heavy atom. The molecule has 3 nitrogen and oxygen atoms in total. The molecule has 1 aliphatic carbocycles. The molecule has 1 saturated heterocycles. The van der Waals surface area contributed by atoms with Crippen LogP contribution in [0.1, 0.15) is 33.1 Å². The summed E-state index contributed by atoms with van der Waals surface area (Å²) in [6.07, 6.45) is 4.47. The van der Waals surface area contributed by atoms with Crippen molar-refractivity contribution in [2.24, 2.45) is 5.41 Å². The normalized spacial score (nSPS) is 31.3. The van der Waals surface area contributed by atoms with Crippen LogP contribution in [0.25, 0.3) is 0 Å². The third-order valence-electron chi connectivity index (χ3n) is 3.71. The Morgan fingerprint density at radius 2 is 2.18 bits per heavy atom. The van der Waals surface area contributed by atoms with Gasteiger partial charge >= 0.3 is 0 Å². The fraction of sp³-hybridized carbons (Fsp3) is 0.643. The highest BCUT2D eigenvalue weighted by molar-refractivity contribution is 6.00. The molecule has 0 aromatic rings. The summed E-state index contributed by atoms with van der Waals surface area (Å²) < 4.78 is 11.4. The van der Waals surface area contributed by atoms with Crippen LogP contribution in [0.2, 0.25) is 0 Å². The van der Waals surface area contributed by atoms with Gasteiger partial charge in [-0.3, -0.25) is 4.79 Å². The number of hydrogen-bond donors (Lipinski definition) is 0. The van der Waals surface area contributed by atoms with Crippen molar-refractivity contribution < 1.29 is 14.3 Å². The van der Waals surface area contributed by atoms with Crippen molar-refractivity contribution >= 4 is 5.78 Å². The molecular weight excluding hydrogens is 216 g/mol. The number of allylic oxidation sites excluding steroid dienone is 3. The second-order valence-electron chi connectivity index (χ2n) is 5.93. The van der Waals surface area contributed by atoms with Gasteiger partial charge in [0.25, 0.3) is 0 Å². The van der Waals surface area contributed by atoms with Crippen LogP contribution in [0.15, 0.2) is 23.0 Å². The van der Waals surface area contributed by atoms with Gasteiger partial charge < -0.3 is 9.47 Å². The fourth-order valence-corrected chi connectivity index (χ4v) is 2.82. The average molecular weight is 234 g/mol. The molecule has 1 unspecified atom stereocenters. The van der Waals surface area contributed by atoms with E-state index < -0.39 is 0 Å². The zero-order chi connectivity index (χ0) is 12.0. The maximum atomic E-state index is 12.1. The minimum atomic E-state index is 0.0246. The Labute approximate surface area is 101 Å². The molecule has 92 valence electrons. The monoisotopic (exact) mass is 234 g/mol. The van der Waals surface area contributed by atoms with Crippen LogP contribution in [0.3, 0.4) is 0 Å².